The molecule has 1 saturated carbocycles. The molecule has 2 fully saturated rings. The van der Waals surface area contributed by atoms with Crippen LogP contribution in [0.2, 0.25) is 0 Å². The summed E-state index contributed by atoms with van der Waals surface area (Å²) in [5, 5.41) is 5.78. The molecule has 3 amide bonds. The molecule has 2 aromatic carbocycles. The number of nitrogens with one attached hydrogen (secondary N) is 2. The van der Waals surface area contributed by atoms with Gasteiger partial charge in [-0.25, -0.2) is 0 Å². The van der Waals surface area contributed by atoms with Crippen molar-refractivity contribution in [2.45, 2.75) is 25.3 Å². The number of carbonyl (C=O) groups excluding carboxylic acids is 3. The van der Waals surface area contributed by atoms with E-state index >= 15 is 0 Å². The Kier molecular flexibility index (Phi) is 5.12. The molecule has 0 spiro atoms. The Labute approximate surface area is 187 Å². The van der Waals surface area contributed by atoms with E-state index in [4.69, 9.17) is 4.74 Å². The maximum absolute atomic E-state index is 13.1. The van der Waals surface area contributed by atoms with Crippen molar-refractivity contribution < 1.29 is 19.1 Å². The highest BCUT2D eigenvalue weighted by atomic mass is 16.5. The molecule has 2 aliphatic heterocycles. The molecule has 0 bridgehead atoms. The van der Waals surface area contributed by atoms with E-state index in [-0.39, 0.29) is 29.7 Å². The summed E-state index contributed by atoms with van der Waals surface area (Å²) in [5.41, 5.74) is 2.78. The van der Waals surface area contributed by atoms with Crippen molar-refractivity contribution in [2.75, 3.05) is 26.7 Å². The van der Waals surface area contributed by atoms with Gasteiger partial charge in [0, 0.05) is 61.5 Å². The van der Waals surface area contributed by atoms with E-state index in [2.05, 4.69) is 10.6 Å². The number of benzene rings is 2. The molecule has 0 aromatic heterocycles. The highest BCUT2D eigenvalue weighted by Crippen LogP contribution is 2.46. The number of piperidine rings is 1. The van der Waals surface area contributed by atoms with Crippen LogP contribution in [0, 0.1) is 11.8 Å². The van der Waals surface area contributed by atoms with Gasteiger partial charge in [0.25, 0.3) is 11.8 Å². The van der Waals surface area contributed by atoms with Crippen LogP contribution in [0.4, 0.5) is 0 Å². The third-order valence-corrected chi connectivity index (χ3v) is 6.97. The minimum atomic E-state index is -0.276. The van der Waals surface area contributed by atoms with Gasteiger partial charge < -0.3 is 20.3 Å². The van der Waals surface area contributed by atoms with Crippen molar-refractivity contribution in [3.63, 3.8) is 0 Å². The number of fused-ring (bicyclic) bond motifs is 2. The van der Waals surface area contributed by atoms with Gasteiger partial charge in [-0.2, -0.15) is 0 Å². The maximum atomic E-state index is 13.1. The second-order valence-corrected chi connectivity index (χ2v) is 8.77. The van der Waals surface area contributed by atoms with Crippen LogP contribution in [0.1, 0.15) is 51.1 Å². The van der Waals surface area contributed by atoms with Crippen molar-refractivity contribution >= 4 is 17.7 Å². The molecule has 4 atom stereocenters. The molecule has 1 aliphatic carbocycles. The lowest BCUT2D eigenvalue weighted by molar-refractivity contribution is -0.130. The highest BCUT2D eigenvalue weighted by Gasteiger charge is 2.57. The Balaban J connectivity index is 1.39. The van der Waals surface area contributed by atoms with E-state index in [1.165, 1.54) is 0 Å². The first kappa shape index (κ1) is 20.5. The van der Waals surface area contributed by atoms with Gasteiger partial charge in [0.1, 0.15) is 5.75 Å². The minimum absolute atomic E-state index is 0.0312. The van der Waals surface area contributed by atoms with Crippen LogP contribution in [0.5, 0.6) is 5.75 Å². The molecule has 0 radical (unpaired) electrons. The van der Waals surface area contributed by atoms with Crippen molar-refractivity contribution in [2.24, 2.45) is 11.8 Å². The average molecular weight is 434 g/mol. The topological polar surface area (TPSA) is 87.7 Å². The summed E-state index contributed by atoms with van der Waals surface area (Å²) >= 11 is 0. The Morgan fingerprint density at radius 1 is 1.06 bits per heavy atom. The van der Waals surface area contributed by atoms with E-state index in [1.807, 2.05) is 48.2 Å². The van der Waals surface area contributed by atoms with E-state index < -0.39 is 0 Å². The summed E-state index contributed by atoms with van der Waals surface area (Å²) in [6, 6.07) is 13.5. The van der Waals surface area contributed by atoms with E-state index in [0.717, 1.165) is 11.1 Å². The van der Waals surface area contributed by atoms with E-state index in [0.29, 0.717) is 54.8 Å². The zero-order chi connectivity index (χ0) is 22.4. The van der Waals surface area contributed by atoms with Gasteiger partial charge in [-0.15, -0.1) is 0 Å². The van der Waals surface area contributed by atoms with Crippen LogP contribution >= 0.6 is 0 Å². The number of nitrogens with zero attached hydrogens (tertiary/aromatic N) is 1. The van der Waals surface area contributed by atoms with Crippen LogP contribution in [-0.4, -0.2) is 55.4 Å². The predicted molar refractivity (Wildman–Crippen MR) is 119 cm³/mol. The molecule has 32 heavy (non-hydrogen) atoms. The second kappa shape index (κ2) is 7.97. The Morgan fingerprint density at radius 2 is 1.78 bits per heavy atom. The lowest BCUT2D eigenvalue weighted by Gasteiger charge is -2.19. The summed E-state index contributed by atoms with van der Waals surface area (Å²) in [6.07, 6.45) is 0.512. The smallest absolute Gasteiger partial charge is 0.254 e. The predicted octanol–water partition coefficient (Wildman–Crippen LogP) is 2.17. The first-order chi connectivity index (χ1) is 15.5. The van der Waals surface area contributed by atoms with Crippen molar-refractivity contribution in [1.82, 2.24) is 15.5 Å². The summed E-state index contributed by atoms with van der Waals surface area (Å²) in [4.78, 5) is 39.5. The molecule has 2 heterocycles. The molecule has 5 rings (SSSR count). The van der Waals surface area contributed by atoms with Gasteiger partial charge >= 0.3 is 0 Å². The maximum Gasteiger partial charge on any atom is 0.254 e. The summed E-state index contributed by atoms with van der Waals surface area (Å²) in [5.74, 6) is 0.863. The fourth-order valence-corrected chi connectivity index (χ4v) is 5.13. The van der Waals surface area contributed by atoms with Crippen LogP contribution in [0.25, 0.3) is 0 Å². The molecule has 166 valence electrons. The van der Waals surface area contributed by atoms with Gasteiger partial charge in [-0.3, -0.25) is 14.4 Å². The molecule has 1 saturated heterocycles. The first-order valence-electron chi connectivity index (χ1n) is 11.2. The zero-order valence-corrected chi connectivity index (χ0v) is 18.3. The van der Waals surface area contributed by atoms with Gasteiger partial charge in [0.15, 0.2) is 0 Å². The fourth-order valence-electron chi connectivity index (χ4n) is 5.13. The summed E-state index contributed by atoms with van der Waals surface area (Å²) in [6.45, 7) is 3.72. The third-order valence-electron chi connectivity index (χ3n) is 6.97. The van der Waals surface area contributed by atoms with Crippen molar-refractivity contribution in [1.29, 1.82) is 0 Å². The van der Waals surface area contributed by atoms with Crippen LogP contribution < -0.4 is 15.4 Å². The third kappa shape index (κ3) is 3.42. The number of carbonyl (C=O) groups is 3. The molecule has 3 aliphatic rings. The standard InChI is InChI=1S/C25H27N3O4/c1-3-21(29)28-11-18-19(12-28)22(18)27-24(30)15-9-16-20(14-7-5-4-6-8-14)13-32-23(16)17(10-15)25(31)26-2/h4-10,18-20,22H,3,11-13H2,1-2H3,(H,26,31)(H,27,30)/t18-,19+,20-,22+/m0/s1. The molecular weight excluding hydrogens is 406 g/mol. The highest BCUT2D eigenvalue weighted by molar-refractivity contribution is 6.02. The lowest BCUT2D eigenvalue weighted by Crippen LogP contribution is -2.37. The summed E-state index contributed by atoms with van der Waals surface area (Å²) in [7, 11) is 1.57. The SMILES string of the molecule is CCC(=O)N1C[C@@H]2[C@H](C1)[C@H]2NC(=O)c1cc(C(=O)NC)c2c(c1)[C@H](c1ccccc1)CO2. The van der Waals surface area contributed by atoms with Gasteiger partial charge in [0.2, 0.25) is 5.91 Å². The molecule has 0 unspecified atom stereocenters. The molecular formula is C25H27N3O4. The fraction of sp³-hybridized carbons (Fsp3) is 0.400. The van der Waals surface area contributed by atoms with Crippen molar-refractivity contribution in [3.05, 3.63) is 64.7 Å². The largest absolute Gasteiger partial charge is 0.491 e. The van der Waals surface area contributed by atoms with E-state index in [9.17, 15) is 14.4 Å². The number of rotatable bonds is 5. The molecule has 7 heteroatoms. The van der Waals surface area contributed by atoms with Crippen LogP contribution in [0.15, 0.2) is 42.5 Å². The molecule has 2 N–H and O–H groups in total. The number of hydrogen-bond donors (Lipinski definition) is 2. The van der Waals surface area contributed by atoms with Crippen molar-refractivity contribution in [3.8, 4) is 5.75 Å². The van der Waals surface area contributed by atoms with Gasteiger partial charge in [0.05, 0.1) is 12.2 Å². The lowest BCUT2D eigenvalue weighted by atomic mass is 9.90. The number of amides is 3. The quantitative estimate of drug-likeness (QED) is 0.757. The Bertz CT molecular complexity index is 1070. The number of ether oxygens (including phenoxy) is 1. The minimum Gasteiger partial charge on any atom is -0.491 e. The zero-order valence-electron chi connectivity index (χ0n) is 18.3. The summed E-state index contributed by atoms with van der Waals surface area (Å²) < 4.78 is 5.92. The second-order valence-electron chi connectivity index (χ2n) is 8.77. The van der Waals surface area contributed by atoms with Crippen LogP contribution in [0.3, 0.4) is 0 Å². The number of likely N-dealkylation sites (tertiary alicyclic amines) is 1. The van der Waals surface area contributed by atoms with Gasteiger partial charge in [-0.05, 0) is 17.7 Å². The Hall–Kier alpha value is -3.35. The molecule has 7 nitrogen and oxygen atoms in total. The van der Waals surface area contributed by atoms with E-state index in [1.54, 1.807) is 13.1 Å². The van der Waals surface area contributed by atoms with Crippen LogP contribution in [-0.2, 0) is 4.79 Å². The molecule has 2 aromatic rings. The average Bonchev–Trinajstić information content (AvgIpc) is 3.17. The first-order valence-corrected chi connectivity index (χ1v) is 11.2. The Morgan fingerprint density at radius 3 is 2.44 bits per heavy atom. The normalized spacial score (nSPS) is 24.9. The monoisotopic (exact) mass is 433 g/mol. The van der Waals surface area contributed by atoms with Gasteiger partial charge in [-0.1, -0.05) is 37.3 Å². The number of hydrogen-bond acceptors (Lipinski definition) is 4.